The average Bonchev–Trinajstić information content (AvgIpc) is 2.36. The molecule has 1 aromatic heterocycles. The molecule has 2 unspecified atom stereocenters. The average molecular weight is 280 g/mol. The van der Waals surface area contributed by atoms with Gasteiger partial charge in [0.05, 0.1) is 6.10 Å². The van der Waals surface area contributed by atoms with Crippen molar-refractivity contribution in [2.75, 3.05) is 23.4 Å². The van der Waals surface area contributed by atoms with E-state index in [-0.39, 0.29) is 6.10 Å². The molecule has 7 heteroatoms. The predicted octanol–water partition coefficient (Wildman–Crippen LogP) is 1.43. The van der Waals surface area contributed by atoms with Gasteiger partial charge in [-0.2, -0.15) is 15.0 Å². The van der Waals surface area contributed by atoms with E-state index in [0.717, 1.165) is 13.1 Å². The Kier molecular flexibility index (Phi) is 4.59. The van der Waals surface area contributed by atoms with Gasteiger partial charge in [0.1, 0.15) is 0 Å². The van der Waals surface area contributed by atoms with E-state index in [2.05, 4.69) is 39.1 Å². The van der Waals surface area contributed by atoms with Gasteiger partial charge in [0.25, 0.3) is 0 Å². The first-order valence-corrected chi connectivity index (χ1v) is 7.12. The van der Waals surface area contributed by atoms with Crippen LogP contribution in [0.3, 0.4) is 0 Å². The van der Waals surface area contributed by atoms with Crippen molar-refractivity contribution in [3.8, 4) is 6.01 Å². The molecule has 20 heavy (non-hydrogen) atoms. The minimum Gasteiger partial charge on any atom is -0.461 e. The van der Waals surface area contributed by atoms with Gasteiger partial charge in [-0.25, -0.2) is 5.84 Å². The molecule has 0 spiro atoms. The van der Waals surface area contributed by atoms with Gasteiger partial charge in [0.15, 0.2) is 0 Å². The molecule has 1 aromatic rings. The van der Waals surface area contributed by atoms with E-state index in [0.29, 0.717) is 29.7 Å². The minimum atomic E-state index is 0.00933. The summed E-state index contributed by atoms with van der Waals surface area (Å²) in [6.07, 6.45) is 1.24. The van der Waals surface area contributed by atoms with E-state index in [1.54, 1.807) is 0 Å². The van der Waals surface area contributed by atoms with Crippen LogP contribution in [0.1, 0.15) is 34.1 Å². The number of hydrogen-bond donors (Lipinski definition) is 2. The Balaban J connectivity index is 2.25. The SMILES string of the molecule is CC1CC(C)CN(c2nc(NN)nc(OC(C)C)n2)C1. The Labute approximate surface area is 119 Å². The topological polar surface area (TPSA) is 89.2 Å². The second-order valence-corrected chi connectivity index (χ2v) is 5.90. The summed E-state index contributed by atoms with van der Waals surface area (Å²) in [7, 11) is 0. The third kappa shape index (κ3) is 3.69. The van der Waals surface area contributed by atoms with Crippen molar-refractivity contribution in [3.63, 3.8) is 0 Å². The summed E-state index contributed by atoms with van der Waals surface area (Å²) in [6.45, 7) is 10.3. The van der Waals surface area contributed by atoms with Crippen molar-refractivity contribution in [3.05, 3.63) is 0 Å². The molecule has 112 valence electrons. The fraction of sp³-hybridized carbons (Fsp3) is 0.769. The third-order valence-electron chi connectivity index (χ3n) is 3.23. The smallest absolute Gasteiger partial charge is 0.323 e. The van der Waals surface area contributed by atoms with Crippen LogP contribution < -0.4 is 20.9 Å². The van der Waals surface area contributed by atoms with Gasteiger partial charge >= 0.3 is 6.01 Å². The summed E-state index contributed by atoms with van der Waals surface area (Å²) in [5.41, 5.74) is 2.47. The largest absolute Gasteiger partial charge is 0.461 e. The molecule has 0 radical (unpaired) electrons. The molecule has 0 bridgehead atoms. The van der Waals surface area contributed by atoms with Gasteiger partial charge in [-0.15, -0.1) is 0 Å². The molecule has 0 aliphatic carbocycles. The predicted molar refractivity (Wildman–Crippen MR) is 78.6 cm³/mol. The Hall–Kier alpha value is -1.63. The summed E-state index contributed by atoms with van der Waals surface area (Å²) in [4.78, 5) is 15.0. The number of rotatable bonds is 4. The standard InChI is InChI=1S/C13H24N6O/c1-8(2)20-13-16-11(18-14)15-12(17-13)19-6-9(3)5-10(4)7-19/h8-10H,5-7,14H2,1-4H3,(H,15,16,17,18). The van der Waals surface area contributed by atoms with Crippen LogP contribution in [0.2, 0.25) is 0 Å². The number of anilines is 2. The highest BCUT2D eigenvalue weighted by Crippen LogP contribution is 2.25. The zero-order valence-electron chi connectivity index (χ0n) is 12.6. The number of nitrogens with two attached hydrogens (primary N) is 1. The lowest BCUT2D eigenvalue weighted by Gasteiger charge is -2.35. The van der Waals surface area contributed by atoms with E-state index in [4.69, 9.17) is 10.6 Å². The summed E-state index contributed by atoms with van der Waals surface area (Å²) in [6, 6.07) is 0.309. The van der Waals surface area contributed by atoms with Crippen molar-refractivity contribution in [1.29, 1.82) is 0 Å². The van der Waals surface area contributed by atoms with E-state index in [1.165, 1.54) is 6.42 Å². The van der Waals surface area contributed by atoms with Crippen molar-refractivity contribution < 1.29 is 4.74 Å². The molecule has 1 saturated heterocycles. The van der Waals surface area contributed by atoms with Gasteiger partial charge < -0.3 is 9.64 Å². The Morgan fingerprint density at radius 2 is 1.85 bits per heavy atom. The van der Waals surface area contributed by atoms with Crippen LogP contribution in [-0.4, -0.2) is 34.1 Å². The molecule has 3 N–H and O–H groups in total. The zero-order chi connectivity index (χ0) is 14.7. The van der Waals surface area contributed by atoms with Gasteiger partial charge in [-0.05, 0) is 32.1 Å². The number of piperidine rings is 1. The molecule has 7 nitrogen and oxygen atoms in total. The molecular weight excluding hydrogens is 256 g/mol. The number of aromatic nitrogens is 3. The number of nitrogens with one attached hydrogen (secondary N) is 1. The number of nitrogen functional groups attached to an aromatic ring is 1. The monoisotopic (exact) mass is 280 g/mol. The Morgan fingerprint density at radius 3 is 2.40 bits per heavy atom. The highest BCUT2D eigenvalue weighted by Gasteiger charge is 2.24. The van der Waals surface area contributed by atoms with E-state index >= 15 is 0 Å². The van der Waals surface area contributed by atoms with Crippen molar-refractivity contribution in [2.45, 2.75) is 40.2 Å². The summed E-state index contributed by atoms with van der Waals surface area (Å²) < 4.78 is 5.56. The van der Waals surface area contributed by atoms with Gasteiger partial charge in [0.2, 0.25) is 11.9 Å². The van der Waals surface area contributed by atoms with Crippen LogP contribution in [0.4, 0.5) is 11.9 Å². The van der Waals surface area contributed by atoms with Gasteiger partial charge in [-0.3, -0.25) is 5.43 Å². The van der Waals surface area contributed by atoms with Crippen LogP contribution in [0, 0.1) is 11.8 Å². The number of nitrogens with zero attached hydrogens (tertiary/aromatic N) is 4. The van der Waals surface area contributed by atoms with Crippen molar-refractivity contribution >= 4 is 11.9 Å². The fourth-order valence-corrected chi connectivity index (χ4v) is 2.64. The summed E-state index contributed by atoms with van der Waals surface area (Å²) in [5.74, 6) is 7.63. The molecule has 1 fully saturated rings. The molecular formula is C13H24N6O. The third-order valence-corrected chi connectivity index (χ3v) is 3.23. The Morgan fingerprint density at radius 1 is 1.20 bits per heavy atom. The lowest BCUT2D eigenvalue weighted by Crippen LogP contribution is -2.40. The maximum atomic E-state index is 5.56. The lowest BCUT2D eigenvalue weighted by atomic mass is 9.92. The quantitative estimate of drug-likeness (QED) is 0.637. The highest BCUT2D eigenvalue weighted by atomic mass is 16.5. The normalized spacial score (nSPS) is 23.0. The summed E-state index contributed by atoms with van der Waals surface area (Å²) >= 11 is 0. The second kappa shape index (κ2) is 6.21. The number of hydrazine groups is 1. The molecule has 2 heterocycles. The maximum absolute atomic E-state index is 5.56. The second-order valence-electron chi connectivity index (χ2n) is 5.90. The van der Waals surface area contributed by atoms with Crippen LogP contribution in [0.5, 0.6) is 6.01 Å². The van der Waals surface area contributed by atoms with Gasteiger partial charge in [0, 0.05) is 13.1 Å². The van der Waals surface area contributed by atoms with E-state index in [9.17, 15) is 0 Å². The first-order valence-electron chi connectivity index (χ1n) is 7.12. The molecule has 1 aliphatic heterocycles. The molecule has 2 rings (SSSR count). The number of hydrogen-bond acceptors (Lipinski definition) is 7. The van der Waals surface area contributed by atoms with Crippen LogP contribution >= 0.6 is 0 Å². The molecule has 0 amide bonds. The first kappa shape index (κ1) is 14.8. The zero-order valence-corrected chi connectivity index (χ0v) is 12.6. The van der Waals surface area contributed by atoms with Crippen molar-refractivity contribution in [2.24, 2.45) is 17.7 Å². The van der Waals surface area contributed by atoms with E-state index < -0.39 is 0 Å². The first-order chi connectivity index (χ1) is 9.47. The summed E-state index contributed by atoms with van der Waals surface area (Å²) in [5, 5.41) is 0. The number of ether oxygens (including phenoxy) is 1. The van der Waals surface area contributed by atoms with Crippen molar-refractivity contribution in [1.82, 2.24) is 15.0 Å². The van der Waals surface area contributed by atoms with Gasteiger partial charge in [-0.1, -0.05) is 13.8 Å². The van der Waals surface area contributed by atoms with Crippen LogP contribution in [0.25, 0.3) is 0 Å². The minimum absolute atomic E-state index is 0.00933. The molecule has 0 saturated carbocycles. The molecule has 0 aromatic carbocycles. The fourth-order valence-electron chi connectivity index (χ4n) is 2.64. The van der Waals surface area contributed by atoms with Crippen LogP contribution in [-0.2, 0) is 0 Å². The molecule has 2 atom stereocenters. The van der Waals surface area contributed by atoms with E-state index in [1.807, 2.05) is 13.8 Å². The Bertz CT molecular complexity index is 442. The van der Waals surface area contributed by atoms with Crippen LogP contribution in [0.15, 0.2) is 0 Å². The maximum Gasteiger partial charge on any atom is 0.323 e. The molecule has 1 aliphatic rings. The highest BCUT2D eigenvalue weighted by molar-refractivity contribution is 5.38. The lowest BCUT2D eigenvalue weighted by molar-refractivity contribution is 0.221.